The average molecular weight is 491 g/mol. The lowest BCUT2D eigenvalue weighted by Crippen LogP contribution is -2.27. The van der Waals surface area contributed by atoms with E-state index in [-0.39, 0.29) is 5.91 Å². The molecule has 0 spiro atoms. The number of hydrogen-bond acceptors (Lipinski definition) is 7. The Morgan fingerprint density at radius 1 is 1.09 bits per heavy atom. The molecular formula is C26H30N6O2S. The van der Waals surface area contributed by atoms with Crippen LogP contribution in [0.4, 0.5) is 5.82 Å². The molecule has 4 rings (SSSR count). The lowest BCUT2D eigenvalue weighted by Gasteiger charge is -2.12. The topological polar surface area (TPSA) is 94.0 Å². The number of aromatic nitrogens is 4. The fourth-order valence-corrected chi connectivity index (χ4v) is 4.02. The molecule has 4 aromatic rings. The molecular weight excluding hydrogens is 460 g/mol. The van der Waals surface area contributed by atoms with Crippen LogP contribution in [0.2, 0.25) is 0 Å². The molecule has 0 aliphatic heterocycles. The minimum absolute atomic E-state index is 0.205. The maximum Gasteiger partial charge on any atom is 0.255 e. The molecule has 2 aromatic heterocycles. The zero-order valence-electron chi connectivity index (χ0n) is 20.2. The summed E-state index contributed by atoms with van der Waals surface area (Å²) in [6.45, 7) is 8.07. The number of amides is 1. The highest BCUT2D eigenvalue weighted by molar-refractivity contribution is 7.99. The third kappa shape index (κ3) is 6.30. The predicted molar refractivity (Wildman–Crippen MR) is 140 cm³/mol. The number of para-hydroxylation sites is 2. The molecule has 0 saturated heterocycles. The van der Waals surface area contributed by atoms with E-state index in [1.807, 2.05) is 47.1 Å². The first kappa shape index (κ1) is 24.5. The standard InChI is InChI=1S/C26H30N6O2S/c1-4-35-26-30-23(28-16-18(2)3)21-17-29-32(24(21)31-26)15-14-27-25(33)20-12-8-9-13-22(20)34-19-10-6-5-7-11-19/h5-13,17-18H,4,14-16H2,1-3H3,(H,27,33)(H,28,30,31). The van der Waals surface area contributed by atoms with E-state index in [2.05, 4.69) is 41.5 Å². The Kier molecular flexibility index (Phi) is 8.20. The third-order valence-electron chi connectivity index (χ3n) is 5.14. The second-order valence-electron chi connectivity index (χ2n) is 8.33. The van der Waals surface area contributed by atoms with Crippen molar-refractivity contribution in [2.24, 2.45) is 5.92 Å². The van der Waals surface area contributed by atoms with Gasteiger partial charge in [0.2, 0.25) is 0 Å². The van der Waals surface area contributed by atoms with Crippen molar-refractivity contribution in [2.75, 3.05) is 24.2 Å². The number of nitrogens with one attached hydrogen (secondary N) is 2. The first-order valence-electron chi connectivity index (χ1n) is 11.8. The Morgan fingerprint density at radius 2 is 1.86 bits per heavy atom. The smallest absolute Gasteiger partial charge is 0.255 e. The fourth-order valence-electron chi connectivity index (χ4n) is 3.46. The molecule has 0 saturated carbocycles. The van der Waals surface area contributed by atoms with Crippen LogP contribution in [-0.2, 0) is 6.54 Å². The summed E-state index contributed by atoms with van der Waals surface area (Å²) in [6, 6.07) is 16.6. The van der Waals surface area contributed by atoms with Crippen LogP contribution in [-0.4, -0.2) is 44.5 Å². The molecule has 0 bridgehead atoms. The van der Waals surface area contributed by atoms with E-state index in [0.29, 0.717) is 41.2 Å². The molecule has 9 heteroatoms. The second kappa shape index (κ2) is 11.7. The van der Waals surface area contributed by atoms with Crippen molar-refractivity contribution in [2.45, 2.75) is 32.5 Å². The van der Waals surface area contributed by atoms with E-state index in [1.54, 1.807) is 30.1 Å². The number of benzene rings is 2. The van der Waals surface area contributed by atoms with E-state index in [1.165, 1.54) is 0 Å². The van der Waals surface area contributed by atoms with Gasteiger partial charge in [0.05, 0.1) is 23.7 Å². The summed E-state index contributed by atoms with van der Waals surface area (Å²) in [5, 5.41) is 12.5. The highest BCUT2D eigenvalue weighted by Crippen LogP contribution is 2.26. The molecule has 0 unspecified atom stereocenters. The first-order chi connectivity index (χ1) is 17.0. The van der Waals surface area contributed by atoms with Crippen LogP contribution in [0.15, 0.2) is 66.0 Å². The molecule has 35 heavy (non-hydrogen) atoms. The zero-order valence-corrected chi connectivity index (χ0v) is 21.0. The Labute approximate surface area is 209 Å². The molecule has 0 radical (unpaired) electrons. The van der Waals surface area contributed by atoms with Gasteiger partial charge in [-0.15, -0.1) is 0 Å². The van der Waals surface area contributed by atoms with Crippen molar-refractivity contribution >= 4 is 34.5 Å². The van der Waals surface area contributed by atoms with Crippen LogP contribution >= 0.6 is 11.8 Å². The highest BCUT2D eigenvalue weighted by atomic mass is 32.2. The Morgan fingerprint density at radius 3 is 2.63 bits per heavy atom. The number of carbonyl (C=O) groups is 1. The van der Waals surface area contributed by atoms with Crippen molar-refractivity contribution < 1.29 is 9.53 Å². The molecule has 0 aliphatic rings. The molecule has 0 fully saturated rings. The minimum atomic E-state index is -0.205. The normalized spacial score (nSPS) is 11.1. The molecule has 2 N–H and O–H groups in total. The lowest BCUT2D eigenvalue weighted by molar-refractivity contribution is 0.0949. The van der Waals surface area contributed by atoms with Crippen molar-refractivity contribution in [1.29, 1.82) is 0 Å². The molecule has 2 aromatic carbocycles. The van der Waals surface area contributed by atoms with Crippen molar-refractivity contribution in [3.05, 3.63) is 66.4 Å². The average Bonchev–Trinajstić information content (AvgIpc) is 3.26. The van der Waals surface area contributed by atoms with E-state index in [9.17, 15) is 4.79 Å². The van der Waals surface area contributed by atoms with E-state index in [4.69, 9.17) is 9.72 Å². The van der Waals surface area contributed by atoms with E-state index in [0.717, 1.165) is 29.1 Å². The van der Waals surface area contributed by atoms with Crippen LogP contribution < -0.4 is 15.4 Å². The van der Waals surface area contributed by atoms with E-state index < -0.39 is 0 Å². The first-order valence-corrected chi connectivity index (χ1v) is 12.7. The number of anilines is 1. The van der Waals surface area contributed by atoms with Gasteiger partial charge in [-0.2, -0.15) is 5.10 Å². The van der Waals surface area contributed by atoms with Gasteiger partial charge in [0.15, 0.2) is 10.8 Å². The summed E-state index contributed by atoms with van der Waals surface area (Å²) >= 11 is 1.59. The Balaban J connectivity index is 1.46. The highest BCUT2D eigenvalue weighted by Gasteiger charge is 2.15. The summed E-state index contributed by atoms with van der Waals surface area (Å²) in [6.07, 6.45) is 1.78. The molecule has 0 atom stereocenters. The van der Waals surface area contributed by atoms with Crippen LogP contribution in [0, 0.1) is 5.92 Å². The van der Waals surface area contributed by atoms with Gasteiger partial charge in [-0.1, -0.05) is 62.9 Å². The van der Waals surface area contributed by atoms with Crippen LogP contribution in [0.1, 0.15) is 31.1 Å². The monoisotopic (exact) mass is 490 g/mol. The van der Waals surface area contributed by atoms with Crippen molar-refractivity contribution in [3.8, 4) is 11.5 Å². The van der Waals surface area contributed by atoms with Gasteiger partial charge in [-0.3, -0.25) is 4.79 Å². The Hall–Kier alpha value is -3.59. The number of rotatable bonds is 11. The van der Waals surface area contributed by atoms with Gasteiger partial charge in [-0.25, -0.2) is 14.6 Å². The fraction of sp³-hybridized carbons (Fsp3) is 0.308. The SMILES string of the molecule is CCSc1nc(NCC(C)C)c2cnn(CCNC(=O)c3ccccc3Oc3ccccc3)c2n1. The van der Waals surface area contributed by atoms with Crippen LogP contribution in [0.3, 0.4) is 0 Å². The second-order valence-corrected chi connectivity index (χ2v) is 9.57. The number of hydrogen-bond donors (Lipinski definition) is 2. The van der Waals surface area contributed by atoms with Crippen LogP contribution in [0.5, 0.6) is 11.5 Å². The molecule has 8 nitrogen and oxygen atoms in total. The Bertz CT molecular complexity index is 1280. The number of ether oxygens (including phenoxy) is 1. The van der Waals surface area contributed by atoms with Crippen molar-refractivity contribution in [3.63, 3.8) is 0 Å². The third-order valence-corrected chi connectivity index (χ3v) is 5.87. The molecule has 1 amide bonds. The molecule has 182 valence electrons. The summed E-state index contributed by atoms with van der Waals surface area (Å²) < 4.78 is 7.73. The van der Waals surface area contributed by atoms with Gasteiger partial charge >= 0.3 is 0 Å². The molecule has 0 aliphatic carbocycles. The molecule has 2 heterocycles. The van der Waals surface area contributed by atoms with Gasteiger partial charge in [0.1, 0.15) is 17.3 Å². The zero-order chi connectivity index (χ0) is 24.6. The maximum atomic E-state index is 12.9. The van der Waals surface area contributed by atoms with Gasteiger partial charge in [-0.05, 0) is 35.9 Å². The van der Waals surface area contributed by atoms with Crippen LogP contribution in [0.25, 0.3) is 11.0 Å². The van der Waals surface area contributed by atoms with Gasteiger partial charge < -0.3 is 15.4 Å². The largest absolute Gasteiger partial charge is 0.457 e. The number of thioether (sulfide) groups is 1. The van der Waals surface area contributed by atoms with Gasteiger partial charge in [0.25, 0.3) is 5.91 Å². The summed E-state index contributed by atoms with van der Waals surface area (Å²) in [7, 11) is 0. The number of nitrogens with zero attached hydrogens (tertiary/aromatic N) is 4. The minimum Gasteiger partial charge on any atom is -0.457 e. The number of fused-ring (bicyclic) bond motifs is 1. The maximum absolute atomic E-state index is 12.9. The summed E-state index contributed by atoms with van der Waals surface area (Å²) in [5.74, 6) is 3.14. The predicted octanol–water partition coefficient (Wildman–Crippen LogP) is 5.23. The summed E-state index contributed by atoms with van der Waals surface area (Å²) in [5.41, 5.74) is 1.23. The lowest BCUT2D eigenvalue weighted by atomic mass is 10.2. The number of carbonyl (C=O) groups excluding carboxylic acids is 1. The van der Waals surface area contributed by atoms with Crippen molar-refractivity contribution in [1.82, 2.24) is 25.1 Å². The van der Waals surface area contributed by atoms with Gasteiger partial charge in [0, 0.05) is 13.1 Å². The summed E-state index contributed by atoms with van der Waals surface area (Å²) in [4.78, 5) is 22.3. The van der Waals surface area contributed by atoms with E-state index >= 15 is 0 Å². The quantitative estimate of drug-likeness (QED) is 0.220.